The topological polar surface area (TPSA) is 85.8 Å². The van der Waals surface area contributed by atoms with Gasteiger partial charge in [-0.3, -0.25) is 24.8 Å². The van der Waals surface area contributed by atoms with E-state index in [1.807, 2.05) is 18.2 Å². The van der Waals surface area contributed by atoms with Crippen molar-refractivity contribution in [3.8, 4) is 11.1 Å². The molecule has 2 aliphatic rings. The van der Waals surface area contributed by atoms with Gasteiger partial charge < -0.3 is 10.0 Å². The number of fused-ring (bicyclic) bond motifs is 1. The Hall–Kier alpha value is -3.20. The van der Waals surface area contributed by atoms with Gasteiger partial charge in [-0.25, -0.2) is 0 Å². The number of aromatic nitrogens is 1. The molecule has 2 saturated heterocycles. The fourth-order valence-corrected chi connectivity index (χ4v) is 5.28. The summed E-state index contributed by atoms with van der Waals surface area (Å²) in [5.74, 6) is -0.369. The predicted molar refractivity (Wildman–Crippen MR) is 137 cm³/mol. The van der Waals surface area contributed by atoms with Gasteiger partial charge >= 0.3 is 0 Å². The molecule has 0 atom stereocenters. The van der Waals surface area contributed by atoms with Gasteiger partial charge in [0.05, 0.1) is 17.0 Å². The second-order valence-corrected chi connectivity index (χ2v) is 9.56. The van der Waals surface area contributed by atoms with Crippen LogP contribution in [0.5, 0.6) is 0 Å². The molecule has 1 aromatic heterocycles. The van der Waals surface area contributed by atoms with Crippen LogP contribution < -0.4 is 10.2 Å². The number of benzene rings is 2. The monoisotopic (exact) mass is 474 g/mol. The maximum atomic E-state index is 11.9. The third kappa shape index (κ3) is 4.57. The summed E-state index contributed by atoms with van der Waals surface area (Å²) in [4.78, 5) is 33.1. The molecule has 0 aliphatic carbocycles. The number of hydrogen-bond acceptors (Lipinski definition) is 7. The minimum absolute atomic E-state index is 0.205. The number of imide groups is 1. The zero-order chi connectivity index (χ0) is 23.7. The summed E-state index contributed by atoms with van der Waals surface area (Å²) in [5.41, 5.74) is 6.30. The smallest absolute Gasteiger partial charge is 0.290 e. The average Bonchev–Trinajstić information content (AvgIpc) is 3.15. The molecule has 0 spiro atoms. The van der Waals surface area contributed by atoms with Crippen LogP contribution in [0.4, 0.5) is 10.5 Å². The van der Waals surface area contributed by atoms with E-state index in [4.69, 9.17) is 0 Å². The first-order valence-corrected chi connectivity index (χ1v) is 12.2. The number of aliphatic hydroxyl groups is 1. The van der Waals surface area contributed by atoms with E-state index in [1.165, 1.54) is 11.3 Å². The number of pyridine rings is 1. The van der Waals surface area contributed by atoms with Crippen LogP contribution in [0.3, 0.4) is 0 Å². The number of amides is 2. The molecule has 2 N–H and O–H groups in total. The van der Waals surface area contributed by atoms with Gasteiger partial charge in [0.15, 0.2) is 0 Å². The fourth-order valence-electron chi connectivity index (χ4n) is 4.60. The highest BCUT2D eigenvalue weighted by Crippen LogP contribution is 2.33. The highest BCUT2D eigenvalue weighted by Gasteiger charge is 2.25. The number of carbonyl (C=O) groups excluding carboxylic acids is 2. The largest absolute Gasteiger partial charge is 0.395 e. The van der Waals surface area contributed by atoms with Crippen LogP contribution in [0.1, 0.15) is 11.1 Å². The lowest BCUT2D eigenvalue weighted by Gasteiger charge is -2.36. The van der Waals surface area contributed by atoms with E-state index in [-0.39, 0.29) is 17.8 Å². The highest BCUT2D eigenvalue weighted by atomic mass is 32.2. The summed E-state index contributed by atoms with van der Waals surface area (Å²) in [6.07, 6.45) is 3.43. The molecule has 2 amide bonds. The summed E-state index contributed by atoms with van der Waals surface area (Å²) in [7, 11) is 0. The van der Waals surface area contributed by atoms with Crippen LogP contribution >= 0.6 is 11.8 Å². The molecule has 0 radical (unpaired) electrons. The highest BCUT2D eigenvalue weighted by molar-refractivity contribution is 8.18. The second kappa shape index (κ2) is 9.58. The third-order valence-corrected chi connectivity index (χ3v) is 7.13. The molecule has 34 heavy (non-hydrogen) atoms. The summed E-state index contributed by atoms with van der Waals surface area (Å²) in [6, 6.07) is 14.6. The normalized spacial score (nSPS) is 18.2. The Morgan fingerprint density at radius 2 is 1.94 bits per heavy atom. The van der Waals surface area contributed by atoms with Crippen LogP contribution in [0.15, 0.2) is 53.6 Å². The molecule has 0 saturated carbocycles. The van der Waals surface area contributed by atoms with E-state index in [0.717, 1.165) is 72.1 Å². The van der Waals surface area contributed by atoms with Crippen molar-refractivity contribution in [1.82, 2.24) is 15.2 Å². The van der Waals surface area contributed by atoms with E-state index in [1.54, 1.807) is 12.3 Å². The molecule has 5 rings (SSSR count). The Labute approximate surface area is 202 Å². The Balaban J connectivity index is 1.45. The van der Waals surface area contributed by atoms with Gasteiger partial charge in [0.1, 0.15) is 0 Å². The number of nitrogens with zero attached hydrogens (tertiary/aromatic N) is 3. The Bertz CT molecular complexity index is 1300. The summed E-state index contributed by atoms with van der Waals surface area (Å²) < 4.78 is 0. The lowest BCUT2D eigenvalue weighted by atomic mass is 9.97. The minimum Gasteiger partial charge on any atom is -0.395 e. The van der Waals surface area contributed by atoms with Crippen molar-refractivity contribution in [2.24, 2.45) is 0 Å². The second-order valence-electron chi connectivity index (χ2n) is 8.55. The van der Waals surface area contributed by atoms with Crippen LogP contribution in [0.2, 0.25) is 0 Å². The molecule has 3 heterocycles. The van der Waals surface area contributed by atoms with Crippen molar-refractivity contribution in [1.29, 1.82) is 0 Å². The number of aliphatic hydroxyl groups excluding tert-OH is 1. The zero-order valence-corrected chi connectivity index (χ0v) is 19.8. The molecule has 0 unspecified atom stereocenters. The van der Waals surface area contributed by atoms with Gasteiger partial charge in [-0.05, 0) is 71.3 Å². The van der Waals surface area contributed by atoms with E-state index in [9.17, 15) is 14.7 Å². The number of anilines is 1. The quantitative estimate of drug-likeness (QED) is 0.546. The van der Waals surface area contributed by atoms with Gasteiger partial charge in [0, 0.05) is 50.0 Å². The lowest BCUT2D eigenvalue weighted by Crippen LogP contribution is -2.47. The fraction of sp³-hybridized carbons (Fsp3) is 0.269. The molecule has 2 aliphatic heterocycles. The van der Waals surface area contributed by atoms with E-state index >= 15 is 0 Å². The van der Waals surface area contributed by atoms with Gasteiger partial charge in [0.25, 0.3) is 11.1 Å². The molecule has 8 heteroatoms. The van der Waals surface area contributed by atoms with Crippen LogP contribution in [0, 0.1) is 6.92 Å². The van der Waals surface area contributed by atoms with Crippen molar-refractivity contribution in [3.63, 3.8) is 0 Å². The molecule has 7 nitrogen and oxygen atoms in total. The van der Waals surface area contributed by atoms with E-state index in [2.05, 4.69) is 51.3 Å². The zero-order valence-electron chi connectivity index (χ0n) is 19.0. The van der Waals surface area contributed by atoms with Crippen LogP contribution in [0.25, 0.3) is 28.1 Å². The van der Waals surface area contributed by atoms with Gasteiger partial charge in [-0.2, -0.15) is 0 Å². The minimum atomic E-state index is -0.369. The SMILES string of the molecule is Cc1cc(-c2cccc3ncc(C=C4SC(=O)NC4=O)cc23)ccc1N1CCN(CCO)CC1. The number of hydrogen-bond donors (Lipinski definition) is 2. The first-order chi connectivity index (χ1) is 16.5. The van der Waals surface area contributed by atoms with Crippen molar-refractivity contribution >= 4 is 45.6 Å². The number of rotatable bonds is 5. The number of carbonyl (C=O) groups is 2. The number of piperazine rings is 1. The van der Waals surface area contributed by atoms with E-state index < -0.39 is 0 Å². The van der Waals surface area contributed by atoms with Crippen LogP contribution in [-0.4, -0.2) is 65.5 Å². The maximum Gasteiger partial charge on any atom is 0.290 e. The van der Waals surface area contributed by atoms with Crippen LogP contribution in [-0.2, 0) is 4.79 Å². The Morgan fingerprint density at radius 3 is 2.65 bits per heavy atom. The van der Waals surface area contributed by atoms with Gasteiger partial charge in [-0.1, -0.05) is 18.2 Å². The van der Waals surface area contributed by atoms with Crippen molar-refractivity contribution in [2.75, 3.05) is 44.2 Å². The lowest BCUT2D eigenvalue weighted by molar-refractivity contribution is -0.115. The average molecular weight is 475 g/mol. The molecular weight excluding hydrogens is 448 g/mol. The Kier molecular flexibility index (Phi) is 6.36. The molecule has 3 aromatic rings. The predicted octanol–water partition coefficient (Wildman–Crippen LogP) is 3.65. The molecule has 0 bridgehead atoms. The Morgan fingerprint density at radius 1 is 1.12 bits per heavy atom. The van der Waals surface area contributed by atoms with E-state index in [0.29, 0.717) is 4.91 Å². The number of β-amino-alcohol motifs (C(OH)–C–C–N with tert-alkyl or cyclic N) is 1. The molecule has 174 valence electrons. The summed E-state index contributed by atoms with van der Waals surface area (Å²) in [6.45, 7) is 6.89. The number of nitrogens with one attached hydrogen (secondary N) is 1. The first kappa shape index (κ1) is 22.6. The standard InChI is InChI=1S/C26H26N4O3S/c1-17-13-19(5-6-23(17)30-9-7-29(8-10-30)11-12-31)20-3-2-4-22-21(20)14-18(16-27-22)15-24-25(32)28-26(33)34-24/h2-6,13-16,31H,7-12H2,1H3,(H,28,32,33). The summed E-state index contributed by atoms with van der Waals surface area (Å²) in [5, 5.41) is 12.1. The molecular formula is C26H26N4O3S. The summed E-state index contributed by atoms with van der Waals surface area (Å²) >= 11 is 0.908. The third-order valence-electron chi connectivity index (χ3n) is 6.32. The van der Waals surface area contributed by atoms with Crippen molar-refractivity contribution < 1.29 is 14.7 Å². The maximum absolute atomic E-state index is 11.9. The number of aryl methyl sites for hydroxylation is 1. The van der Waals surface area contributed by atoms with Gasteiger partial charge in [0.2, 0.25) is 0 Å². The molecule has 2 aromatic carbocycles. The molecule has 2 fully saturated rings. The number of thioether (sulfide) groups is 1. The van der Waals surface area contributed by atoms with Gasteiger partial charge in [-0.15, -0.1) is 0 Å². The first-order valence-electron chi connectivity index (χ1n) is 11.3. The van der Waals surface area contributed by atoms with Crippen molar-refractivity contribution in [2.45, 2.75) is 6.92 Å². The van der Waals surface area contributed by atoms with Crippen molar-refractivity contribution in [3.05, 3.63) is 64.7 Å².